The second kappa shape index (κ2) is 2.94. The fraction of sp³-hybridized carbons (Fsp3) is 0.875. The van der Waals surface area contributed by atoms with Gasteiger partial charge in [-0.1, -0.05) is 0 Å². The highest BCUT2D eigenvalue weighted by Crippen LogP contribution is 2.29. The van der Waals surface area contributed by atoms with Crippen LogP contribution in [0.25, 0.3) is 0 Å². The Morgan fingerprint density at radius 3 is 2.50 bits per heavy atom. The van der Waals surface area contributed by atoms with Crippen molar-refractivity contribution in [2.24, 2.45) is 11.7 Å². The Kier molecular flexibility index (Phi) is 1.92. The van der Waals surface area contributed by atoms with Crippen LogP contribution in [0.5, 0.6) is 0 Å². The van der Waals surface area contributed by atoms with Crippen LogP contribution in [-0.4, -0.2) is 36.7 Å². The number of primary amides is 1. The highest BCUT2D eigenvalue weighted by Gasteiger charge is 2.35. The van der Waals surface area contributed by atoms with Crippen LogP contribution in [0.3, 0.4) is 0 Å². The van der Waals surface area contributed by atoms with E-state index in [9.17, 15) is 4.79 Å². The van der Waals surface area contributed by atoms with Crippen LogP contribution in [0.1, 0.15) is 12.8 Å². The first kappa shape index (κ1) is 7.86. The number of amides is 1. The first-order valence-corrected chi connectivity index (χ1v) is 4.44. The van der Waals surface area contributed by atoms with Gasteiger partial charge in [0.25, 0.3) is 0 Å². The number of carbonyl (C=O) groups excluding carboxylic acids is 1. The molecule has 1 amide bonds. The maximum Gasteiger partial charge on any atom is 0.404 e. The minimum atomic E-state index is -0.631. The number of fused-ring (bicyclic) bond motifs is 3. The van der Waals surface area contributed by atoms with Crippen LogP contribution in [0.4, 0.5) is 4.79 Å². The van der Waals surface area contributed by atoms with Crippen molar-refractivity contribution in [3.05, 3.63) is 0 Å². The van der Waals surface area contributed by atoms with Crippen LogP contribution >= 0.6 is 0 Å². The normalized spacial score (nSPS) is 39.5. The molecule has 0 aromatic carbocycles. The molecule has 2 bridgehead atoms. The number of ether oxygens (including phenoxy) is 1. The molecule has 0 radical (unpaired) electrons. The third-order valence-corrected chi connectivity index (χ3v) is 2.86. The van der Waals surface area contributed by atoms with Crippen molar-refractivity contribution in [1.29, 1.82) is 0 Å². The maximum atomic E-state index is 10.5. The lowest BCUT2D eigenvalue weighted by Crippen LogP contribution is -2.52. The van der Waals surface area contributed by atoms with Gasteiger partial charge in [-0.15, -0.1) is 0 Å². The molecule has 0 aromatic rings. The number of hydrogen-bond donors (Lipinski definition) is 1. The molecule has 4 nitrogen and oxygen atoms in total. The molecule has 12 heavy (non-hydrogen) atoms. The molecule has 1 unspecified atom stereocenters. The number of piperidine rings is 3. The third-order valence-electron chi connectivity index (χ3n) is 2.86. The summed E-state index contributed by atoms with van der Waals surface area (Å²) in [6.07, 6.45) is 1.73. The van der Waals surface area contributed by atoms with Crippen LogP contribution in [0, 0.1) is 5.92 Å². The van der Waals surface area contributed by atoms with Gasteiger partial charge in [0, 0.05) is 6.54 Å². The maximum absolute atomic E-state index is 10.5. The molecule has 0 aliphatic carbocycles. The van der Waals surface area contributed by atoms with E-state index in [1.807, 2.05) is 0 Å². The third kappa shape index (κ3) is 1.39. The Morgan fingerprint density at radius 1 is 1.42 bits per heavy atom. The first-order chi connectivity index (χ1) is 5.75. The number of carbonyl (C=O) groups is 1. The monoisotopic (exact) mass is 170 g/mol. The number of hydrogen-bond acceptors (Lipinski definition) is 3. The average Bonchev–Trinajstić information content (AvgIpc) is 2.05. The van der Waals surface area contributed by atoms with E-state index in [2.05, 4.69) is 4.90 Å². The first-order valence-electron chi connectivity index (χ1n) is 4.44. The van der Waals surface area contributed by atoms with Gasteiger partial charge in [-0.05, 0) is 31.8 Å². The van der Waals surface area contributed by atoms with Gasteiger partial charge in [0.15, 0.2) is 0 Å². The predicted molar refractivity (Wildman–Crippen MR) is 43.6 cm³/mol. The van der Waals surface area contributed by atoms with E-state index in [0.717, 1.165) is 32.5 Å². The Balaban J connectivity index is 1.95. The molecular weight excluding hydrogens is 156 g/mol. The van der Waals surface area contributed by atoms with E-state index >= 15 is 0 Å². The summed E-state index contributed by atoms with van der Waals surface area (Å²) in [6, 6.07) is 0. The molecule has 3 heterocycles. The van der Waals surface area contributed by atoms with Gasteiger partial charge < -0.3 is 10.5 Å². The van der Waals surface area contributed by atoms with Crippen molar-refractivity contribution < 1.29 is 9.53 Å². The zero-order valence-corrected chi connectivity index (χ0v) is 7.03. The average molecular weight is 170 g/mol. The highest BCUT2D eigenvalue weighted by molar-refractivity contribution is 5.64. The number of rotatable bonds is 1. The SMILES string of the molecule is NC(=O)OC1CN2CCC1CC2. The fourth-order valence-electron chi connectivity index (χ4n) is 2.19. The lowest BCUT2D eigenvalue weighted by molar-refractivity contribution is -0.0304. The lowest BCUT2D eigenvalue weighted by atomic mass is 9.86. The summed E-state index contributed by atoms with van der Waals surface area (Å²) >= 11 is 0. The van der Waals surface area contributed by atoms with E-state index in [1.54, 1.807) is 0 Å². The summed E-state index contributed by atoms with van der Waals surface area (Å²) in [5.74, 6) is 0.558. The molecule has 0 spiro atoms. The van der Waals surface area contributed by atoms with Gasteiger partial charge in [0.2, 0.25) is 0 Å². The molecule has 3 rings (SSSR count). The zero-order chi connectivity index (χ0) is 8.55. The molecule has 0 saturated carbocycles. The van der Waals surface area contributed by atoms with Crippen molar-refractivity contribution in [1.82, 2.24) is 4.90 Å². The molecule has 3 aliphatic rings. The topological polar surface area (TPSA) is 55.6 Å². The fourth-order valence-corrected chi connectivity index (χ4v) is 2.19. The largest absolute Gasteiger partial charge is 0.445 e. The van der Waals surface area contributed by atoms with Crippen molar-refractivity contribution in [2.75, 3.05) is 19.6 Å². The molecule has 68 valence electrons. The Hall–Kier alpha value is -0.770. The van der Waals surface area contributed by atoms with E-state index in [0.29, 0.717) is 5.92 Å². The minimum absolute atomic E-state index is 0.0602. The molecule has 2 N–H and O–H groups in total. The van der Waals surface area contributed by atoms with Gasteiger partial charge in [0.05, 0.1) is 0 Å². The second-order valence-corrected chi connectivity index (χ2v) is 3.61. The molecule has 3 saturated heterocycles. The van der Waals surface area contributed by atoms with Crippen LogP contribution in [0.2, 0.25) is 0 Å². The summed E-state index contributed by atoms with van der Waals surface area (Å²) in [5.41, 5.74) is 4.98. The summed E-state index contributed by atoms with van der Waals surface area (Å²) in [5, 5.41) is 0. The summed E-state index contributed by atoms with van der Waals surface area (Å²) < 4.78 is 5.02. The van der Waals surface area contributed by atoms with E-state index in [-0.39, 0.29) is 6.10 Å². The Bertz CT molecular complexity index is 187. The standard InChI is InChI=1S/C8H14N2O2/c9-8(11)12-7-5-10-3-1-6(7)2-4-10/h6-7H,1-5H2,(H2,9,11). The van der Waals surface area contributed by atoms with Gasteiger partial charge in [-0.25, -0.2) is 4.79 Å². The van der Waals surface area contributed by atoms with Crippen molar-refractivity contribution >= 4 is 6.09 Å². The zero-order valence-electron chi connectivity index (χ0n) is 7.03. The summed E-state index contributed by atoms with van der Waals surface area (Å²) in [7, 11) is 0. The van der Waals surface area contributed by atoms with E-state index in [4.69, 9.17) is 10.5 Å². The number of nitrogens with two attached hydrogens (primary N) is 1. The van der Waals surface area contributed by atoms with E-state index < -0.39 is 6.09 Å². The smallest absolute Gasteiger partial charge is 0.404 e. The predicted octanol–water partition coefficient (Wildman–Crippen LogP) is 0.176. The van der Waals surface area contributed by atoms with Crippen molar-refractivity contribution in [2.45, 2.75) is 18.9 Å². The quantitative estimate of drug-likeness (QED) is 0.610. The summed E-state index contributed by atoms with van der Waals surface area (Å²) in [6.45, 7) is 3.19. The van der Waals surface area contributed by atoms with Crippen LogP contribution in [-0.2, 0) is 4.74 Å². The molecular formula is C8H14N2O2. The van der Waals surface area contributed by atoms with Gasteiger partial charge in [-0.3, -0.25) is 4.90 Å². The summed E-state index contributed by atoms with van der Waals surface area (Å²) in [4.78, 5) is 12.9. The van der Waals surface area contributed by atoms with Crippen molar-refractivity contribution in [3.63, 3.8) is 0 Å². The van der Waals surface area contributed by atoms with Gasteiger partial charge in [-0.2, -0.15) is 0 Å². The lowest BCUT2D eigenvalue weighted by Gasteiger charge is -2.43. The van der Waals surface area contributed by atoms with E-state index in [1.165, 1.54) is 0 Å². The van der Waals surface area contributed by atoms with Gasteiger partial charge in [0.1, 0.15) is 6.10 Å². The van der Waals surface area contributed by atoms with Crippen LogP contribution in [0.15, 0.2) is 0 Å². The Labute approximate surface area is 71.7 Å². The molecule has 0 aromatic heterocycles. The second-order valence-electron chi connectivity index (χ2n) is 3.61. The molecule has 3 aliphatic heterocycles. The van der Waals surface area contributed by atoms with Crippen LogP contribution < -0.4 is 5.73 Å². The van der Waals surface area contributed by atoms with Crippen molar-refractivity contribution in [3.8, 4) is 0 Å². The highest BCUT2D eigenvalue weighted by atomic mass is 16.6. The van der Waals surface area contributed by atoms with Gasteiger partial charge >= 0.3 is 6.09 Å². The molecule has 1 atom stereocenters. The molecule has 4 heteroatoms. The Morgan fingerprint density at radius 2 is 2.08 bits per heavy atom. The number of nitrogens with zero attached hydrogens (tertiary/aromatic N) is 1. The minimum Gasteiger partial charge on any atom is -0.445 e. The molecule has 3 fully saturated rings.